The highest BCUT2D eigenvalue weighted by atomic mass is 16.2. The van der Waals surface area contributed by atoms with E-state index < -0.39 is 0 Å². The number of benzene rings is 2. The summed E-state index contributed by atoms with van der Waals surface area (Å²) in [5, 5.41) is 23.8. The quantitative estimate of drug-likeness (QED) is 0.583. The van der Waals surface area contributed by atoms with Crippen molar-refractivity contribution in [3.8, 4) is 23.0 Å². The number of aromatic nitrogens is 5. The fraction of sp³-hybridized carbons (Fsp3) is 0.0500. The molecule has 0 saturated carbocycles. The van der Waals surface area contributed by atoms with Gasteiger partial charge in [0.25, 0.3) is 0 Å². The second-order valence-corrected chi connectivity index (χ2v) is 5.97. The molecule has 8 nitrogen and oxygen atoms in total. The van der Waals surface area contributed by atoms with Gasteiger partial charge < -0.3 is 5.32 Å². The molecule has 0 unspecified atom stereocenters. The van der Waals surface area contributed by atoms with Gasteiger partial charge in [0.05, 0.1) is 11.4 Å². The molecule has 2 aromatic heterocycles. The highest BCUT2D eigenvalue weighted by Gasteiger charge is 2.15. The number of hydrogen-bond acceptors (Lipinski definition) is 5. The van der Waals surface area contributed by atoms with E-state index >= 15 is 0 Å². The third kappa shape index (κ3) is 3.50. The molecule has 1 N–H and O–H groups in total. The molecule has 4 aromatic rings. The van der Waals surface area contributed by atoms with E-state index in [1.54, 1.807) is 4.68 Å². The van der Waals surface area contributed by atoms with E-state index in [2.05, 4.69) is 20.6 Å². The van der Waals surface area contributed by atoms with Crippen molar-refractivity contribution in [2.45, 2.75) is 6.54 Å². The van der Waals surface area contributed by atoms with E-state index in [9.17, 15) is 4.79 Å². The second-order valence-electron chi connectivity index (χ2n) is 5.97. The van der Waals surface area contributed by atoms with E-state index in [4.69, 9.17) is 5.26 Å². The van der Waals surface area contributed by atoms with Crippen LogP contribution in [0.5, 0.6) is 0 Å². The maximum absolute atomic E-state index is 12.5. The highest BCUT2D eigenvalue weighted by Crippen LogP contribution is 2.24. The van der Waals surface area contributed by atoms with Crippen LogP contribution >= 0.6 is 0 Å². The first-order valence-electron chi connectivity index (χ1n) is 8.53. The Hall–Kier alpha value is -4.25. The van der Waals surface area contributed by atoms with Crippen LogP contribution in [0.25, 0.3) is 16.9 Å². The standard InChI is InChI=1S/C20H15N7O/c21-12-19-24-22-14-26(19)13-20(28)23-18-11-17(15-7-3-1-4-8-15)25-27(18)16-9-5-2-6-10-16/h1-11,14H,13H2,(H,23,28). The van der Waals surface area contributed by atoms with E-state index in [0.717, 1.165) is 16.9 Å². The van der Waals surface area contributed by atoms with E-state index in [1.807, 2.05) is 72.8 Å². The summed E-state index contributed by atoms with van der Waals surface area (Å²) in [6.45, 7) is -0.0729. The molecule has 0 saturated heterocycles. The summed E-state index contributed by atoms with van der Waals surface area (Å²) in [6.07, 6.45) is 1.35. The summed E-state index contributed by atoms with van der Waals surface area (Å²) < 4.78 is 3.06. The number of amides is 1. The molecule has 4 rings (SSSR count). The predicted molar refractivity (Wildman–Crippen MR) is 102 cm³/mol. The number of nitrogens with zero attached hydrogens (tertiary/aromatic N) is 6. The molecule has 8 heteroatoms. The molecule has 0 aliphatic rings. The zero-order chi connectivity index (χ0) is 19.3. The summed E-state index contributed by atoms with van der Waals surface area (Å²) >= 11 is 0. The molecule has 0 aliphatic heterocycles. The van der Waals surface area contributed by atoms with Crippen LogP contribution in [0.2, 0.25) is 0 Å². The highest BCUT2D eigenvalue weighted by molar-refractivity contribution is 5.90. The lowest BCUT2D eigenvalue weighted by Crippen LogP contribution is -2.21. The first-order valence-corrected chi connectivity index (χ1v) is 8.53. The van der Waals surface area contributed by atoms with Gasteiger partial charge in [0.15, 0.2) is 0 Å². The van der Waals surface area contributed by atoms with Gasteiger partial charge in [-0.05, 0) is 12.1 Å². The van der Waals surface area contributed by atoms with Crippen molar-refractivity contribution in [3.05, 3.63) is 78.9 Å². The smallest absolute Gasteiger partial charge is 0.245 e. The topological polar surface area (TPSA) is 101 Å². The summed E-state index contributed by atoms with van der Waals surface area (Å²) in [7, 11) is 0. The van der Waals surface area contributed by atoms with Crippen molar-refractivity contribution < 1.29 is 4.79 Å². The molecule has 2 heterocycles. The molecule has 0 fully saturated rings. The van der Waals surface area contributed by atoms with Gasteiger partial charge in [-0.3, -0.25) is 9.36 Å². The molecule has 0 radical (unpaired) electrons. The summed E-state index contributed by atoms with van der Waals surface area (Å²) in [6, 6.07) is 23.0. The zero-order valence-corrected chi connectivity index (χ0v) is 14.7. The van der Waals surface area contributed by atoms with E-state index in [0.29, 0.717) is 5.82 Å². The Morgan fingerprint density at radius 3 is 2.50 bits per heavy atom. The molecule has 136 valence electrons. The molecular weight excluding hydrogens is 354 g/mol. The normalized spacial score (nSPS) is 10.4. The Morgan fingerprint density at radius 1 is 1.07 bits per heavy atom. The molecule has 0 bridgehead atoms. The van der Waals surface area contributed by atoms with Crippen LogP contribution in [0.4, 0.5) is 5.82 Å². The molecule has 28 heavy (non-hydrogen) atoms. The average molecular weight is 369 g/mol. The maximum Gasteiger partial charge on any atom is 0.245 e. The Balaban J connectivity index is 1.66. The molecule has 1 amide bonds. The third-order valence-corrected chi connectivity index (χ3v) is 4.08. The number of nitriles is 1. The molecule has 0 atom stereocenters. The van der Waals surface area contributed by atoms with Crippen molar-refractivity contribution in [1.29, 1.82) is 5.26 Å². The van der Waals surface area contributed by atoms with Crippen LogP contribution in [0, 0.1) is 11.3 Å². The van der Waals surface area contributed by atoms with Crippen molar-refractivity contribution >= 4 is 11.7 Å². The molecule has 0 aliphatic carbocycles. The number of carbonyl (C=O) groups is 1. The SMILES string of the molecule is N#Cc1nncn1CC(=O)Nc1cc(-c2ccccc2)nn1-c1ccccc1. The Labute approximate surface area is 160 Å². The van der Waals surface area contributed by atoms with Gasteiger partial charge in [-0.2, -0.15) is 10.4 Å². The lowest BCUT2D eigenvalue weighted by molar-refractivity contribution is -0.116. The number of carbonyl (C=O) groups excluding carboxylic acids is 1. The first kappa shape index (κ1) is 17.2. The number of hydrogen-bond donors (Lipinski definition) is 1. The van der Waals surface area contributed by atoms with Crippen molar-refractivity contribution in [2.24, 2.45) is 0 Å². The van der Waals surface area contributed by atoms with Crippen LogP contribution in [-0.2, 0) is 11.3 Å². The number of anilines is 1. The van der Waals surface area contributed by atoms with Crippen LogP contribution in [-0.4, -0.2) is 30.5 Å². The van der Waals surface area contributed by atoms with Crippen molar-refractivity contribution in [3.63, 3.8) is 0 Å². The van der Waals surface area contributed by atoms with Gasteiger partial charge in [0, 0.05) is 11.6 Å². The summed E-state index contributed by atoms with van der Waals surface area (Å²) in [5.74, 6) is 0.298. The van der Waals surface area contributed by atoms with E-state index in [-0.39, 0.29) is 18.3 Å². The van der Waals surface area contributed by atoms with Gasteiger partial charge in [0.2, 0.25) is 11.7 Å². The maximum atomic E-state index is 12.5. The molecule has 0 spiro atoms. The van der Waals surface area contributed by atoms with Gasteiger partial charge >= 0.3 is 0 Å². The van der Waals surface area contributed by atoms with Gasteiger partial charge in [-0.15, -0.1) is 10.2 Å². The predicted octanol–water partition coefficient (Wildman–Crippen LogP) is 2.64. The molecular formula is C20H15N7O. The van der Waals surface area contributed by atoms with Crippen LogP contribution in [0.3, 0.4) is 0 Å². The minimum Gasteiger partial charge on any atom is -0.309 e. The largest absolute Gasteiger partial charge is 0.309 e. The fourth-order valence-corrected chi connectivity index (χ4v) is 2.78. The Morgan fingerprint density at radius 2 is 1.79 bits per heavy atom. The van der Waals surface area contributed by atoms with Gasteiger partial charge in [0.1, 0.15) is 24.8 Å². The minimum atomic E-state index is -0.312. The first-order chi connectivity index (χ1) is 13.7. The zero-order valence-electron chi connectivity index (χ0n) is 14.7. The number of nitrogens with one attached hydrogen (secondary N) is 1. The van der Waals surface area contributed by atoms with Gasteiger partial charge in [-0.25, -0.2) is 4.68 Å². The summed E-state index contributed by atoms with van der Waals surface area (Å²) in [4.78, 5) is 12.5. The average Bonchev–Trinajstić information content (AvgIpc) is 3.36. The van der Waals surface area contributed by atoms with Crippen LogP contribution in [0.15, 0.2) is 73.1 Å². The lowest BCUT2D eigenvalue weighted by atomic mass is 10.2. The Bertz CT molecular complexity index is 1140. The van der Waals surface area contributed by atoms with Crippen LogP contribution < -0.4 is 5.32 Å². The Kier molecular flexibility index (Phi) is 4.63. The third-order valence-electron chi connectivity index (χ3n) is 4.08. The molecule has 2 aromatic carbocycles. The number of rotatable bonds is 5. The van der Waals surface area contributed by atoms with Crippen LogP contribution in [0.1, 0.15) is 5.82 Å². The fourth-order valence-electron chi connectivity index (χ4n) is 2.78. The number of para-hydroxylation sites is 1. The minimum absolute atomic E-state index is 0.0729. The van der Waals surface area contributed by atoms with E-state index in [1.165, 1.54) is 10.9 Å². The van der Waals surface area contributed by atoms with Crippen molar-refractivity contribution in [1.82, 2.24) is 24.5 Å². The summed E-state index contributed by atoms with van der Waals surface area (Å²) in [5.41, 5.74) is 2.50. The lowest BCUT2D eigenvalue weighted by Gasteiger charge is -2.09. The second kappa shape index (κ2) is 7.55. The van der Waals surface area contributed by atoms with Crippen molar-refractivity contribution in [2.75, 3.05) is 5.32 Å². The monoisotopic (exact) mass is 369 g/mol. The van der Waals surface area contributed by atoms with Gasteiger partial charge in [-0.1, -0.05) is 48.5 Å².